The standard InChI is InChI=1S/C18H16FN3O/c1-2-17(23)18(22-13-20-12-21-22,14-6-4-3-5-7-14)15-8-10-16(19)11-9-15/h3-13H,2H2,1H3. The summed E-state index contributed by atoms with van der Waals surface area (Å²) in [4.78, 5) is 17.0. The molecule has 0 aliphatic carbocycles. The summed E-state index contributed by atoms with van der Waals surface area (Å²) >= 11 is 0. The molecule has 3 aromatic rings. The summed E-state index contributed by atoms with van der Waals surface area (Å²) < 4.78 is 14.9. The molecule has 0 amide bonds. The van der Waals surface area contributed by atoms with Crippen molar-refractivity contribution in [3.05, 3.63) is 84.2 Å². The van der Waals surface area contributed by atoms with Gasteiger partial charge >= 0.3 is 0 Å². The molecular formula is C18H16FN3O. The van der Waals surface area contributed by atoms with E-state index in [2.05, 4.69) is 10.1 Å². The summed E-state index contributed by atoms with van der Waals surface area (Å²) in [6.07, 6.45) is 3.22. The summed E-state index contributed by atoms with van der Waals surface area (Å²) in [5.74, 6) is -0.390. The van der Waals surface area contributed by atoms with E-state index >= 15 is 0 Å². The molecule has 0 aliphatic rings. The SMILES string of the molecule is CCC(=O)C(c1ccccc1)(c1ccc(F)cc1)n1cncn1. The van der Waals surface area contributed by atoms with E-state index in [9.17, 15) is 9.18 Å². The second kappa shape index (κ2) is 6.12. The van der Waals surface area contributed by atoms with Crippen molar-refractivity contribution < 1.29 is 9.18 Å². The van der Waals surface area contributed by atoms with Gasteiger partial charge in [-0.05, 0) is 23.3 Å². The van der Waals surface area contributed by atoms with E-state index in [1.54, 1.807) is 23.7 Å². The van der Waals surface area contributed by atoms with Crippen LogP contribution in [-0.4, -0.2) is 20.5 Å². The Morgan fingerprint density at radius 1 is 1.09 bits per heavy atom. The molecule has 3 rings (SSSR count). The highest BCUT2D eigenvalue weighted by molar-refractivity contribution is 5.93. The van der Waals surface area contributed by atoms with E-state index < -0.39 is 5.54 Å². The molecular weight excluding hydrogens is 293 g/mol. The summed E-state index contributed by atoms with van der Waals surface area (Å²) in [6.45, 7) is 1.81. The summed E-state index contributed by atoms with van der Waals surface area (Å²) in [6, 6.07) is 15.3. The predicted octanol–water partition coefficient (Wildman–Crippen LogP) is 3.19. The van der Waals surface area contributed by atoms with Crippen molar-refractivity contribution in [2.24, 2.45) is 0 Å². The van der Waals surface area contributed by atoms with Crippen molar-refractivity contribution in [3.63, 3.8) is 0 Å². The number of ketones is 1. The minimum Gasteiger partial charge on any atom is -0.296 e. The fraction of sp³-hybridized carbons (Fsp3) is 0.167. The van der Waals surface area contributed by atoms with Crippen LogP contribution >= 0.6 is 0 Å². The average molecular weight is 309 g/mol. The van der Waals surface area contributed by atoms with Gasteiger partial charge in [-0.3, -0.25) is 4.79 Å². The zero-order valence-electron chi connectivity index (χ0n) is 12.7. The first-order chi connectivity index (χ1) is 11.2. The first-order valence-corrected chi connectivity index (χ1v) is 7.39. The lowest BCUT2D eigenvalue weighted by Crippen LogP contribution is -2.44. The Balaban J connectivity index is 2.35. The summed E-state index contributed by atoms with van der Waals surface area (Å²) in [5, 5.41) is 4.22. The molecule has 1 atom stereocenters. The number of Topliss-reactive ketones (excluding diaryl/α,β-unsaturated/α-hetero) is 1. The summed E-state index contributed by atoms with van der Waals surface area (Å²) in [7, 11) is 0. The van der Waals surface area contributed by atoms with Crippen LogP contribution in [0.15, 0.2) is 67.3 Å². The zero-order chi connectivity index (χ0) is 16.3. The maximum atomic E-state index is 13.4. The number of benzene rings is 2. The Bertz CT molecular complexity index is 785. The van der Waals surface area contributed by atoms with Crippen LogP contribution in [0.1, 0.15) is 24.5 Å². The van der Waals surface area contributed by atoms with Crippen LogP contribution in [0.2, 0.25) is 0 Å². The van der Waals surface area contributed by atoms with E-state index in [1.165, 1.54) is 24.8 Å². The van der Waals surface area contributed by atoms with Crippen LogP contribution in [0, 0.1) is 5.82 Å². The lowest BCUT2D eigenvalue weighted by molar-refractivity contribution is -0.124. The van der Waals surface area contributed by atoms with E-state index in [-0.39, 0.29) is 11.6 Å². The number of rotatable bonds is 5. The number of aromatic nitrogens is 3. The van der Waals surface area contributed by atoms with Gasteiger partial charge in [0.2, 0.25) is 0 Å². The molecule has 0 N–H and O–H groups in total. The minimum atomic E-state index is -1.15. The van der Waals surface area contributed by atoms with Crippen LogP contribution in [0.4, 0.5) is 4.39 Å². The first-order valence-electron chi connectivity index (χ1n) is 7.39. The monoisotopic (exact) mass is 309 g/mol. The van der Waals surface area contributed by atoms with Crippen LogP contribution < -0.4 is 0 Å². The lowest BCUT2D eigenvalue weighted by atomic mass is 9.78. The Morgan fingerprint density at radius 2 is 1.74 bits per heavy atom. The van der Waals surface area contributed by atoms with Gasteiger partial charge in [-0.25, -0.2) is 14.1 Å². The molecule has 1 aromatic heterocycles. The molecule has 0 aliphatic heterocycles. The third-order valence-electron chi connectivity index (χ3n) is 3.94. The van der Waals surface area contributed by atoms with Crippen molar-refractivity contribution in [2.75, 3.05) is 0 Å². The fourth-order valence-corrected chi connectivity index (χ4v) is 2.89. The maximum absolute atomic E-state index is 13.4. The molecule has 0 saturated carbocycles. The topological polar surface area (TPSA) is 47.8 Å². The van der Waals surface area contributed by atoms with Gasteiger partial charge in [-0.15, -0.1) is 0 Å². The number of halogens is 1. The van der Waals surface area contributed by atoms with Crippen LogP contribution in [0.25, 0.3) is 0 Å². The fourth-order valence-electron chi connectivity index (χ4n) is 2.89. The van der Waals surface area contributed by atoms with Gasteiger partial charge in [0.25, 0.3) is 0 Å². The molecule has 4 nitrogen and oxygen atoms in total. The minimum absolute atomic E-state index is 0.0409. The molecule has 0 radical (unpaired) electrons. The van der Waals surface area contributed by atoms with Crippen LogP contribution in [-0.2, 0) is 10.3 Å². The predicted molar refractivity (Wildman–Crippen MR) is 84.3 cm³/mol. The van der Waals surface area contributed by atoms with Gasteiger partial charge < -0.3 is 0 Å². The van der Waals surface area contributed by atoms with Crippen molar-refractivity contribution in [1.29, 1.82) is 0 Å². The summed E-state index contributed by atoms with van der Waals surface area (Å²) in [5.41, 5.74) is 0.270. The number of carbonyl (C=O) groups excluding carboxylic acids is 1. The molecule has 0 fully saturated rings. The number of nitrogens with zero attached hydrogens (tertiary/aromatic N) is 3. The Hall–Kier alpha value is -2.82. The van der Waals surface area contributed by atoms with Crippen molar-refractivity contribution in [3.8, 4) is 0 Å². The Kier molecular flexibility index (Phi) is 4.02. The quantitative estimate of drug-likeness (QED) is 0.727. The molecule has 2 aromatic carbocycles. The van der Waals surface area contributed by atoms with Crippen LogP contribution in [0.5, 0.6) is 0 Å². The molecule has 116 valence electrons. The molecule has 0 saturated heterocycles. The Labute approximate surface area is 133 Å². The third-order valence-corrected chi connectivity index (χ3v) is 3.94. The van der Waals surface area contributed by atoms with Crippen molar-refractivity contribution in [2.45, 2.75) is 18.9 Å². The van der Waals surface area contributed by atoms with Gasteiger partial charge in [0.1, 0.15) is 18.5 Å². The number of hydrogen-bond acceptors (Lipinski definition) is 3. The normalized spacial score (nSPS) is 13.5. The Morgan fingerprint density at radius 3 is 2.30 bits per heavy atom. The molecule has 23 heavy (non-hydrogen) atoms. The molecule has 0 bridgehead atoms. The lowest BCUT2D eigenvalue weighted by Gasteiger charge is -2.33. The van der Waals surface area contributed by atoms with Gasteiger partial charge in [-0.1, -0.05) is 49.4 Å². The largest absolute Gasteiger partial charge is 0.296 e. The molecule has 1 unspecified atom stereocenters. The van der Waals surface area contributed by atoms with Crippen molar-refractivity contribution in [1.82, 2.24) is 14.8 Å². The highest BCUT2D eigenvalue weighted by Crippen LogP contribution is 2.35. The zero-order valence-corrected chi connectivity index (χ0v) is 12.7. The first kappa shape index (κ1) is 15.1. The second-order valence-electron chi connectivity index (χ2n) is 5.20. The van der Waals surface area contributed by atoms with Gasteiger partial charge in [-0.2, -0.15) is 5.10 Å². The van der Waals surface area contributed by atoms with Gasteiger partial charge in [0, 0.05) is 6.42 Å². The molecule has 0 spiro atoms. The number of carbonyl (C=O) groups is 1. The number of hydrogen-bond donors (Lipinski definition) is 0. The smallest absolute Gasteiger partial charge is 0.172 e. The van der Waals surface area contributed by atoms with Crippen LogP contribution in [0.3, 0.4) is 0 Å². The van der Waals surface area contributed by atoms with E-state index in [0.29, 0.717) is 12.0 Å². The highest BCUT2D eigenvalue weighted by atomic mass is 19.1. The molecule has 1 heterocycles. The third kappa shape index (κ3) is 2.44. The second-order valence-corrected chi connectivity index (χ2v) is 5.20. The average Bonchev–Trinajstić information content (AvgIpc) is 3.12. The maximum Gasteiger partial charge on any atom is 0.172 e. The van der Waals surface area contributed by atoms with E-state index in [0.717, 1.165) is 5.56 Å². The van der Waals surface area contributed by atoms with E-state index in [1.807, 2.05) is 30.3 Å². The molecule has 5 heteroatoms. The van der Waals surface area contributed by atoms with E-state index in [4.69, 9.17) is 0 Å². The van der Waals surface area contributed by atoms with Gasteiger partial charge in [0.05, 0.1) is 0 Å². The highest BCUT2D eigenvalue weighted by Gasteiger charge is 2.43. The van der Waals surface area contributed by atoms with Gasteiger partial charge in [0.15, 0.2) is 11.3 Å². The van der Waals surface area contributed by atoms with Crippen molar-refractivity contribution >= 4 is 5.78 Å².